The predicted octanol–water partition coefficient (Wildman–Crippen LogP) is 5.38. The second-order valence-electron chi connectivity index (χ2n) is 7.17. The van der Waals surface area contributed by atoms with Gasteiger partial charge in [0.2, 0.25) is 11.6 Å². The molecule has 10 heteroatoms. The van der Waals surface area contributed by atoms with Crippen molar-refractivity contribution in [3.8, 4) is 17.2 Å². The first kappa shape index (κ1) is 20.7. The Hall–Kier alpha value is -4.60. The first-order chi connectivity index (χ1) is 15.2. The molecule has 1 heterocycles. The van der Waals surface area contributed by atoms with Gasteiger partial charge in [0, 0.05) is 23.4 Å². The van der Waals surface area contributed by atoms with E-state index < -0.39 is 27.0 Å². The summed E-state index contributed by atoms with van der Waals surface area (Å²) in [7, 11) is 0. The first-order valence-electron chi connectivity index (χ1n) is 9.41. The van der Waals surface area contributed by atoms with Crippen molar-refractivity contribution in [3.63, 3.8) is 0 Å². The normalized spacial score (nSPS) is 11.3. The Morgan fingerprint density at radius 1 is 1.06 bits per heavy atom. The molecule has 0 spiro atoms. The fourth-order valence-electron chi connectivity index (χ4n) is 3.33. The van der Waals surface area contributed by atoms with Gasteiger partial charge in [0.25, 0.3) is 5.69 Å². The highest BCUT2D eigenvalue weighted by Crippen LogP contribution is 2.34. The predicted molar refractivity (Wildman–Crippen MR) is 118 cm³/mol. The Balaban J connectivity index is 1.72. The highest BCUT2D eigenvalue weighted by atomic mass is 16.6. The zero-order valence-electron chi connectivity index (χ0n) is 17.0. The molecule has 32 heavy (non-hydrogen) atoms. The van der Waals surface area contributed by atoms with Gasteiger partial charge < -0.3 is 9.52 Å². The lowest BCUT2D eigenvalue weighted by atomic mass is 10.1. The molecule has 0 saturated heterocycles. The molecule has 160 valence electrons. The van der Waals surface area contributed by atoms with E-state index in [1.165, 1.54) is 0 Å². The molecule has 1 aromatic heterocycles. The minimum Gasteiger partial charge on any atom is -0.502 e. The number of benzene rings is 3. The van der Waals surface area contributed by atoms with Crippen LogP contribution >= 0.6 is 0 Å². The Morgan fingerprint density at radius 2 is 1.84 bits per heavy atom. The second-order valence-corrected chi connectivity index (χ2v) is 7.17. The average molecular weight is 432 g/mol. The lowest BCUT2D eigenvalue weighted by Gasteiger charge is -2.02. The summed E-state index contributed by atoms with van der Waals surface area (Å²) in [5.41, 5.74) is 3.11. The SMILES string of the molecule is Cc1cc(C)c2oc(-c3cccc(N=Cc4cc([N+](=O)[O-])cc([N+](=O)[O-])c4O)c3)nc2c1. The fraction of sp³-hybridized carbons (Fsp3) is 0.0909. The molecule has 0 bridgehead atoms. The van der Waals surface area contributed by atoms with Crippen molar-refractivity contribution in [1.29, 1.82) is 0 Å². The van der Waals surface area contributed by atoms with Crippen molar-refractivity contribution in [2.24, 2.45) is 4.99 Å². The van der Waals surface area contributed by atoms with Crippen LogP contribution in [-0.4, -0.2) is 26.2 Å². The molecule has 1 N–H and O–H groups in total. The van der Waals surface area contributed by atoms with E-state index in [-0.39, 0.29) is 5.56 Å². The molecule has 10 nitrogen and oxygen atoms in total. The number of nitro benzene ring substituents is 2. The number of phenolic OH excluding ortho intramolecular Hbond substituents is 1. The van der Waals surface area contributed by atoms with E-state index in [2.05, 4.69) is 9.98 Å². The summed E-state index contributed by atoms with van der Waals surface area (Å²) in [6.07, 6.45) is 1.13. The van der Waals surface area contributed by atoms with Gasteiger partial charge in [0.1, 0.15) is 5.52 Å². The van der Waals surface area contributed by atoms with E-state index in [4.69, 9.17) is 4.42 Å². The summed E-state index contributed by atoms with van der Waals surface area (Å²) < 4.78 is 5.91. The zero-order valence-corrected chi connectivity index (χ0v) is 17.0. The van der Waals surface area contributed by atoms with E-state index in [0.717, 1.165) is 28.9 Å². The van der Waals surface area contributed by atoms with Gasteiger partial charge >= 0.3 is 5.69 Å². The van der Waals surface area contributed by atoms with Gasteiger partial charge in [-0.25, -0.2) is 4.98 Å². The van der Waals surface area contributed by atoms with Crippen LogP contribution in [-0.2, 0) is 0 Å². The number of nitrogens with zero attached hydrogens (tertiary/aromatic N) is 4. The molecule has 0 radical (unpaired) electrons. The van der Waals surface area contributed by atoms with Crippen LogP contribution in [0.15, 0.2) is 57.9 Å². The summed E-state index contributed by atoms with van der Waals surface area (Å²) in [6, 6.07) is 12.5. The van der Waals surface area contributed by atoms with Crippen LogP contribution in [0.4, 0.5) is 17.1 Å². The van der Waals surface area contributed by atoms with Crippen LogP contribution in [0.3, 0.4) is 0 Å². The Labute approximate surface area is 180 Å². The van der Waals surface area contributed by atoms with E-state index in [9.17, 15) is 25.3 Å². The van der Waals surface area contributed by atoms with Crippen molar-refractivity contribution in [1.82, 2.24) is 4.98 Å². The zero-order chi connectivity index (χ0) is 23.0. The number of phenols is 1. The van der Waals surface area contributed by atoms with Gasteiger partial charge in [-0.05, 0) is 49.2 Å². The van der Waals surface area contributed by atoms with Crippen molar-refractivity contribution in [2.45, 2.75) is 13.8 Å². The molecular formula is C22H16N4O6. The quantitative estimate of drug-likeness (QED) is 0.253. The fourth-order valence-corrected chi connectivity index (χ4v) is 3.33. The number of non-ortho nitro benzene ring substituents is 1. The molecule has 0 aliphatic carbocycles. The minimum atomic E-state index is -0.892. The van der Waals surface area contributed by atoms with Gasteiger partial charge in [-0.2, -0.15) is 0 Å². The van der Waals surface area contributed by atoms with Crippen LogP contribution < -0.4 is 0 Å². The largest absolute Gasteiger partial charge is 0.502 e. The van der Waals surface area contributed by atoms with E-state index in [1.807, 2.05) is 26.0 Å². The van der Waals surface area contributed by atoms with Gasteiger partial charge in [0.05, 0.1) is 21.6 Å². The topological polar surface area (TPSA) is 145 Å². The van der Waals surface area contributed by atoms with Crippen LogP contribution in [0.2, 0.25) is 0 Å². The highest BCUT2D eigenvalue weighted by molar-refractivity contribution is 5.89. The Kier molecular flexibility index (Phi) is 5.11. The number of fused-ring (bicyclic) bond motifs is 1. The average Bonchev–Trinajstić information content (AvgIpc) is 3.17. The third kappa shape index (κ3) is 3.88. The molecule has 0 amide bonds. The second kappa shape index (κ2) is 7.91. The summed E-state index contributed by atoms with van der Waals surface area (Å²) in [5, 5.41) is 32.3. The number of nitro groups is 2. The van der Waals surface area contributed by atoms with E-state index >= 15 is 0 Å². The van der Waals surface area contributed by atoms with Crippen molar-refractivity contribution >= 4 is 34.4 Å². The summed E-state index contributed by atoms with van der Waals surface area (Å²) in [5.74, 6) is -0.301. The number of rotatable bonds is 5. The molecule has 0 saturated carbocycles. The minimum absolute atomic E-state index is 0.149. The van der Waals surface area contributed by atoms with Crippen LogP contribution in [0.25, 0.3) is 22.6 Å². The van der Waals surface area contributed by atoms with Crippen molar-refractivity contribution < 1.29 is 19.4 Å². The van der Waals surface area contributed by atoms with Gasteiger partial charge in [-0.15, -0.1) is 0 Å². The number of aromatic nitrogens is 1. The third-order valence-corrected chi connectivity index (χ3v) is 4.78. The van der Waals surface area contributed by atoms with Crippen LogP contribution in [0, 0.1) is 34.1 Å². The number of aromatic hydroxyl groups is 1. The maximum absolute atomic E-state index is 11.1. The van der Waals surface area contributed by atoms with E-state index in [1.54, 1.807) is 24.3 Å². The molecule has 0 atom stereocenters. The van der Waals surface area contributed by atoms with Crippen LogP contribution in [0.5, 0.6) is 5.75 Å². The standard InChI is InChI=1S/C22H16N4O6/c1-12-6-13(2)21-18(7-12)24-22(32-21)14-4-3-5-16(8-14)23-11-15-9-17(25(28)29)10-19(20(15)27)26(30)31/h3-11,27H,1-2H3. The molecule has 0 aliphatic heterocycles. The van der Waals surface area contributed by atoms with Gasteiger partial charge in [-0.1, -0.05) is 12.1 Å². The number of aliphatic imine (C=N–C) groups is 1. The highest BCUT2D eigenvalue weighted by Gasteiger charge is 2.23. The van der Waals surface area contributed by atoms with Gasteiger partial charge in [0.15, 0.2) is 5.58 Å². The first-order valence-corrected chi connectivity index (χ1v) is 9.41. The lowest BCUT2D eigenvalue weighted by Crippen LogP contribution is -1.96. The number of aryl methyl sites for hydroxylation is 2. The molecule has 3 aromatic carbocycles. The third-order valence-electron chi connectivity index (χ3n) is 4.78. The Morgan fingerprint density at radius 3 is 2.56 bits per heavy atom. The van der Waals surface area contributed by atoms with Crippen molar-refractivity contribution in [2.75, 3.05) is 0 Å². The number of hydrogen-bond acceptors (Lipinski definition) is 8. The maximum atomic E-state index is 11.1. The maximum Gasteiger partial charge on any atom is 0.318 e. The molecule has 4 rings (SSSR count). The molecule has 0 fully saturated rings. The number of hydrogen-bond donors (Lipinski definition) is 1. The Bertz CT molecular complexity index is 1420. The summed E-state index contributed by atoms with van der Waals surface area (Å²) in [6.45, 7) is 3.92. The molecule has 4 aromatic rings. The monoisotopic (exact) mass is 432 g/mol. The molecule has 0 unspecified atom stereocenters. The lowest BCUT2D eigenvalue weighted by molar-refractivity contribution is -0.394. The van der Waals surface area contributed by atoms with E-state index in [0.29, 0.717) is 28.8 Å². The molecule has 0 aliphatic rings. The van der Waals surface area contributed by atoms with Crippen LogP contribution in [0.1, 0.15) is 16.7 Å². The summed E-state index contributed by atoms with van der Waals surface area (Å²) >= 11 is 0. The molecular weight excluding hydrogens is 416 g/mol. The van der Waals surface area contributed by atoms with Gasteiger partial charge in [-0.3, -0.25) is 25.2 Å². The van der Waals surface area contributed by atoms with Crippen molar-refractivity contribution in [3.05, 3.63) is 85.4 Å². The number of oxazole rings is 1. The smallest absolute Gasteiger partial charge is 0.318 e. The summed E-state index contributed by atoms with van der Waals surface area (Å²) in [4.78, 5) is 29.3.